The number of halogens is 2. The minimum atomic E-state index is -2.86. The molecule has 1 rings (SSSR count). The molecule has 128 valence electrons. The normalized spacial score (nSPS) is 10.9. The zero-order valence-corrected chi connectivity index (χ0v) is 13.2. The predicted molar refractivity (Wildman–Crippen MR) is 80.5 cm³/mol. The molecule has 1 aromatic rings. The van der Waals surface area contributed by atoms with Gasteiger partial charge in [-0.3, -0.25) is 9.59 Å². The van der Waals surface area contributed by atoms with Crippen LogP contribution >= 0.6 is 0 Å². The first-order valence-electron chi connectivity index (χ1n) is 7.34. The van der Waals surface area contributed by atoms with Crippen molar-refractivity contribution < 1.29 is 28.2 Å². The molecular weight excluding hydrogens is 308 g/mol. The van der Waals surface area contributed by atoms with Gasteiger partial charge in [0.25, 0.3) is 0 Å². The molecule has 7 heteroatoms. The van der Waals surface area contributed by atoms with Crippen LogP contribution in [0.25, 0.3) is 0 Å². The third-order valence-electron chi connectivity index (χ3n) is 3.29. The van der Waals surface area contributed by atoms with Gasteiger partial charge in [0.2, 0.25) is 5.91 Å². The lowest BCUT2D eigenvalue weighted by Gasteiger charge is -2.26. The predicted octanol–water partition coefficient (Wildman–Crippen LogP) is 2.93. The molecule has 0 heterocycles. The van der Waals surface area contributed by atoms with Crippen LogP contribution in [0.2, 0.25) is 0 Å². The second kappa shape index (κ2) is 9.07. The van der Waals surface area contributed by atoms with Crippen LogP contribution in [0.1, 0.15) is 32.3 Å². The van der Waals surface area contributed by atoms with E-state index < -0.39 is 12.6 Å². The van der Waals surface area contributed by atoms with Crippen molar-refractivity contribution in [3.63, 3.8) is 0 Å². The van der Waals surface area contributed by atoms with Gasteiger partial charge in [0.05, 0.1) is 6.42 Å². The summed E-state index contributed by atoms with van der Waals surface area (Å²) < 4.78 is 28.4. The summed E-state index contributed by atoms with van der Waals surface area (Å²) in [6, 6.07) is 6.03. The largest absolute Gasteiger partial charge is 0.481 e. The van der Waals surface area contributed by atoms with E-state index in [1.807, 2.05) is 13.8 Å². The number of amides is 1. The minimum Gasteiger partial charge on any atom is -0.481 e. The molecule has 0 bridgehead atoms. The Labute approximate surface area is 133 Å². The van der Waals surface area contributed by atoms with E-state index in [9.17, 15) is 18.4 Å². The molecule has 0 spiro atoms. The number of aliphatic carboxylic acids is 1. The number of aryl methyl sites for hydroxylation is 1. The van der Waals surface area contributed by atoms with E-state index in [-0.39, 0.29) is 37.1 Å². The van der Waals surface area contributed by atoms with Gasteiger partial charge in [-0.2, -0.15) is 8.78 Å². The zero-order valence-electron chi connectivity index (χ0n) is 13.2. The number of carbonyl (C=O) groups excluding carboxylic acids is 1. The summed E-state index contributed by atoms with van der Waals surface area (Å²) in [6.07, 6.45) is 0.584. The molecule has 0 aliphatic rings. The van der Waals surface area contributed by atoms with Crippen LogP contribution in [0.5, 0.6) is 5.75 Å². The summed E-state index contributed by atoms with van der Waals surface area (Å²) in [5, 5.41) is 8.72. The molecule has 1 aromatic carbocycles. The molecule has 1 amide bonds. The quantitative estimate of drug-likeness (QED) is 0.756. The Hall–Kier alpha value is -2.18. The summed E-state index contributed by atoms with van der Waals surface area (Å²) in [5.74, 6) is -1.01. The van der Waals surface area contributed by atoms with Crippen LogP contribution in [0.3, 0.4) is 0 Å². The van der Waals surface area contributed by atoms with Gasteiger partial charge in [-0.05, 0) is 38.0 Å². The number of ether oxygens (including phenoxy) is 1. The molecule has 1 N–H and O–H groups in total. The van der Waals surface area contributed by atoms with E-state index in [0.717, 1.165) is 5.56 Å². The molecule has 0 aromatic heterocycles. The number of rotatable bonds is 9. The summed E-state index contributed by atoms with van der Waals surface area (Å²) in [6.45, 7) is 0.968. The zero-order chi connectivity index (χ0) is 17.4. The number of hydrogen-bond acceptors (Lipinski definition) is 3. The number of hydrogen-bond donors (Lipinski definition) is 1. The van der Waals surface area contributed by atoms with Crippen molar-refractivity contribution in [2.24, 2.45) is 0 Å². The highest BCUT2D eigenvalue weighted by Gasteiger charge is 2.17. The third-order valence-corrected chi connectivity index (χ3v) is 3.29. The van der Waals surface area contributed by atoms with Gasteiger partial charge in [0.1, 0.15) is 5.75 Å². The number of carboxylic acid groups (broad SMARTS) is 1. The van der Waals surface area contributed by atoms with Crippen molar-refractivity contribution in [2.75, 3.05) is 6.54 Å². The Balaban J connectivity index is 2.54. The fourth-order valence-electron chi connectivity index (χ4n) is 2.12. The summed E-state index contributed by atoms with van der Waals surface area (Å²) in [7, 11) is 0. The third kappa shape index (κ3) is 7.08. The smallest absolute Gasteiger partial charge is 0.387 e. The standard InChI is InChI=1S/C16H21F2NO4/c1-11(2)19(10-9-15(21)22)14(20)8-5-12-3-6-13(7-4-12)23-16(17)18/h3-4,6-7,11,16H,5,8-10H2,1-2H3,(H,21,22). The number of nitrogens with zero attached hydrogens (tertiary/aromatic N) is 1. The highest BCUT2D eigenvalue weighted by molar-refractivity contribution is 5.77. The number of carboxylic acids is 1. The van der Waals surface area contributed by atoms with Crippen LogP contribution < -0.4 is 4.74 Å². The topological polar surface area (TPSA) is 66.8 Å². The molecule has 0 saturated heterocycles. The van der Waals surface area contributed by atoms with Crippen molar-refractivity contribution >= 4 is 11.9 Å². The minimum absolute atomic E-state index is 0.0698. The number of benzene rings is 1. The fraction of sp³-hybridized carbons (Fsp3) is 0.500. The maximum atomic E-state index is 12.2. The van der Waals surface area contributed by atoms with Crippen molar-refractivity contribution in [2.45, 2.75) is 45.8 Å². The van der Waals surface area contributed by atoms with Gasteiger partial charge in [-0.1, -0.05) is 12.1 Å². The van der Waals surface area contributed by atoms with E-state index in [4.69, 9.17) is 5.11 Å². The van der Waals surface area contributed by atoms with Gasteiger partial charge >= 0.3 is 12.6 Å². The van der Waals surface area contributed by atoms with E-state index in [1.165, 1.54) is 17.0 Å². The highest BCUT2D eigenvalue weighted by Crippen LogP contribution is 2.16. The second-order valence-electron chi connectivity index (χ2n) is 5.35. The Bertz CT molecular complexity index is 517. The second-order valence-corrected chi connectivity index (χ2v) is 5.35. The first-order chi connectivity index (χ1) is 10.8. The van der Waals surface area contributed by atoms with Crippen molar-refractivity contribution in [3.8, 4) is 5.75 Å². The number of alkyl halides is 2. The molecule has 0 unspecified atom stereocenters. The maximum Gasteiger partial charge on any atom is 0.387 e. The Morgan fingerprint density at radius 3 is 2.26 bits per heavy atom. The van der Waals surface area contributed by atoms with Gasteiger partial charge in [-0.25, -0.2) is 0 Å². The Morgan fingerprint density at radius 2 is 1.78 bits per heavy atom. The van der Waals surface area contributed by atoms with Crippen LogP contribution in [0, 0.1) is 0 Å². The molecular formula is C16H21F2NO4. The first kappa shape index (κ1) is 18.9. The summed E-state index contributed by atoms with van der Waals surface area (Å²) in [5.41, 5.74) is 0.821. The molecule has 0 aliphatic heterocycles. The molecule has 0 saturated carbocycles. The van der Waals surface area contributed by atoms with Crippen LogP contribution in [0.15, 0.2) is 24.3 Å². The first-order valence-corrected chi connectivity index (χ1v) is 7.34. The molecule has 0 fully saturated rings. The average molecular weight is 329 g/mol. The van der Waals surface area contributed by atoms with Crippen LogP contribution in [0.4, 0.5) is 8.78 Å². The van der Waals surface area contributed by atoms with E-state index >= 15 is 0 Å². The van der Waals surface area contributed by atoms with Gasteiger partial charge in [-0.15, -0.1) is 0 Å². The van der Waals surface area contributed by atoms with Gasteiger partial charge in [0.15, 0.2) is 0 Å². The van der Waals surface area contributed by atoms with E-state index in [0.29, 0.717) is 6.42 Å². The van der Waals surface area contributed by atoms with Gasteiger partial charge < -0.3 is 14.7 Å². The fourth-order valence-corrected chi connectivity index (χ4v) is 2.12. The lowest BCUT2D eigenvalue weighted by Crippen LogP contribution is -2.38. The van der Waals surface area contributed by atoms with Crippen molar-refractivity contribution in [1.82, 2.24) is 4.90 Å². The van der Waals surface area contributed by atoms with E-state index in [2.05, 4.69) is 4.74 Å². The maximum absolute atomic E-state index is 12.2. The molecule has 23 heavy (non-hydrogen) atoms. The Morgan fingerprint density at radius 1 is 1.17 bits per heavy atom. The lowest BCUT2D eigenvalue weighted by atomic mass is 10.1. The molecule has 5 nitrogen and oxygen atoms in total. The van der Waals surface area contributed by atoms with E-state index in [1.54, 1.807) is 12.1 Å². The SMILES string of the molecule is CC(C)N(CCC(=O)O)C(=O)CCc1ccc(OC(F)F)cc1. The average Bonchev–Trinajstić information content (AvgIpc) is 2.45. The summed E-state index contributed by atoms with van der Waals surface area (Å²) >= 11 is 0. The van der Waals surface area contributed by atoms with Crippen LogP contribution in [-0.2, 0) is 16.0 Å². The van der Waals surface area contributed by atoms with Crippen molar-refractivity contribution in [3.05, 3.63) is 29.8 Å². The Kier molecular flexibility index (Phi) is 7.44. The van der Waals surface area contributed by atoms with Crippen LogP contribution in [-0.4, -0.2) is 41.1 Å². The molecule has 0 aliphatic carbocycles. The molecule has 0 radical (unpaired) electrons. The van der Waals surface area contributed by atoms with Gasteiger partial charge in [0, 0.05) is 19.0 Å². The summed E-state index contributed by atoms with van der Waals surface area (Å²) in [4.78, 5) is 24.4. The highest BCUT2D eigenvalue weighted by atomic mass is 19.3. The van der Waals surface area contributed by atoms with Crippen molar-refractivity contribution in [1.29, 1.82) is 0 Å². The monoisotopic (exact) mass is 329 g/mol. The number of carbonyl (C=O) groups is 2. The lowest BCUT2D eigenvalue weighted by molar-refractivity contribution is -0.139. The molecule has 0 atom stereocenters.